The van der Waals surface area contributed by atoms with Crippen molar-refractivity contribution in [3.8, 4) is 0 Å². The van der Waals surface area contributed by atoms with E-state index in [1.165, 1.54) is 18.2 Å². The first kappa shape index (κ1) is 16.2. The number of carbonyl (C=O) groups excluding carboxylic acids is 1. The molecule has 0 spiro atoms. The highest BCUT2D eigenvalue weighted by molar-refractivity contribution is 6.31. The second-order valence-electron chi connectivity index (χ2n) is 5.65. The number of rotatable bonds is 4. The van der Waals surface area contributed by atoms with E-state index < -0.39 is 5.82 Å². The van der Waals surface area contributed by atoms with Gasteiger partial charge in [-0.3, -0.25) is 9.69 Å². The molecule has 0 aromatic heterocycles. The van der Waals surface area contributed by atoms with E-state index >= 15 is 0 Å². The first-order valence-electron chi connectivity index (χ1n) is 7.18. The van der Waals surface area contributed by atoms with E-state index in [1.54, 1.807) is 0 Å². The van der Waals surface area contributed by atoms with E-state index in [1.807, 2.05) is 6.92 Å². The molecule has 1 aliphatic rings. The zero-order chi connectivity index (χ0) is 15.4. The van der Waals surface area contributed by atoms with E-state index in [9.17, 15) is 9.18 Å². The molecule has 0 saturated carbocycles. The van der Waals surface area contributed by atoms with Gasteiger partial charge in [0.2, 0.25) is 5.91 Å². The first-order valence-corrected chi connectivity index (χ1v) is 7.56. The van der Waals surface area contributed by atoms with E-state index in [0.717, 1.165) is 25.9 Å². The van der Waals surface area contributed by atoms with Gasteiger partial charge in [-0.15, -0.1) is 0 Å². The van der Waals surface area contributed by atoms with E-state index in [4.69, 9.17) is 17.3 Å². The Morgan fingerprint density at radius 3 is 2.76 bits per heavy atom. The summed E-state index contributed by atoms with van der Waals surface area (Å²) < 4.78 is 13.0. The fourth-order valence-corrected chi connectivity index (χ4v) is 2.79. The molecule has 1 fully saturated rings. The average molecular weight is 314 g/mol. The van der Waals surface area contributed by atoms with Crippen molar-refractivity contribution in [2.45, 2.75) is 25.8 Å². The molecule has 1 heterocycles. The smallest absolute Gasteiger partial charge is 0.238 e. The van der Waals surface area contributed by atoms with Gasteiger partial charge in [-0.05, 0) is 57.0 Å². The molecule has 116 valence electrons. The van der Waals surface area contributed by atoms with Crippen molar-refractivity contribution in [1.82, 2.24) is 4.90 Å². The number of piperidine rings is 1. The van der Waals surface area contributed by atoms with Gasteiger partial charge in [0.15, 0.2) is 0 Å². The quantitative estimate of drug-likeness (QED) is 0.898. The van der Waals surface area contributed by atoms with Crippen LogP contribution >= 0.6 is 11.6 Å². The third kappa shape index (κ3) is 4.66. The van der Waals surface area contributed by atoms with Crippen LogP contribution in [0.15, 0.2) is 18.2 Å². The van der Waals surface area contributed by atoms with Crippen molar-refractivity contribution in [1.29, 1.82) is 0 Å². The Labute approximate surface area is 129 Å². The normalized spacial score (nSPS) is 18.5. The molecule has 4 nitrogen and oxygen atoms in total. The largest absolute Gasteiger partial charge is 0.328 e. The maximum absolute atomic E-state index is 13.0. The van der Waals surface area contributed by atoms with E-state index in [2.05, 4.69) is 10.2 Å². The van der Waals surface area contributed by atoms with Gasteiger partial charge in [0, 0.05) is 11.7 Å². The lowest BCUT2D eigenvalue weighted by Gasteiger charge is -2.33. The van der Waals surface area contributed by atoms with Crippen LogP contribution in [0.4, 0.5) is 10.1 Å². The summed E-state index contributed by atoms with van der Waals surface area (Å²) in [5.74, 6) is -0.0650. The second-order valence-corrected chi connectivity index (χ2v) is 6.06. The summed E-state index contributed by atoms with van der Waals surface area (Å²) in [7, 11) is 0. The fraction of sp³-hybridized carbons (Fsp3) is 0.533. The van der Waals surface area contributed by atoms with Crippen LogP contribution in [-0.2, 0) is 4.79 Å². The summed E-state index contributed by atoms with van der Waals surface area (Å²) >= 11 is 5.69. The van der Waals surface area contributed by atoms with Crippen LogP contribution in [0.5, 0.6) is 0 Å². The zero-order valence-electron chi connectivity index (χ0n) is 12.1. The number of hydrogen-bond acceptors (Lipinski definition) is 3. The number of hydrogen-bond donors (Lipinski definition) is 2. The number of nitrogens with two attached hydrogens (primary N) is 1. The van der Waals surface area contributed by atoms with Gasteiger partial charge in [-0.25, -0.2) is 4.39 Å². The Hall–Kier alpha value is -1.17. The summed E-state index contributed by atoms with van der Waals surface area (Å²) in [6, 6.07) is 4.37. The lowest BCUT2D eigenvalue weighted by molar-refractivity contribution is -0.117. The molecule has 1 unspecified atom stereocenters. The Bertz CT molecular complexity index is 502. The van der Waals surface area contributed by atoms with Gasteiger partial charge in [0.05, 0.1) is 11.6 Å². The molecule has 1 aromatic rings. The van der Waals surface area contributed by atoms with Crippen molar-refractivity contribution in [2.24, 2.45) is 11.7 Å². The van der Waals surface area contributed by atoms with Crippen molar-refractivity contribution >= 4 is 23.2 Å². The van der Waals surface area contributed by atoms with Gasteiger partial charge in [0.25, 0.3) is 0 Å². The number of benzene rings is 1. The minimum Gasteiger partial charge on any atom is -0.328 e. The number of halogens is 2. The van der Waals surface area contributed by atoms with Crippen molar-refractivity contribution in [2.75, 3.05) is 25.0 Å². The molecule has 3 N–H and O–H groups in total. The van der Waals surface area contributed by atoms with Crippen LogP contribution in [0.2, 0.25) is 5.02 Å². The number of nitrogens with one attached hydrogen (secondary N) is 1. The van der Waals surface area contributed by atoms with Gasteiger partial charge in [-0.2, -0.15) is 0 Å². The molecule has 6 heteroatoms. The molecule has 2 rings (SSSR count). The maximum Gasteiger partial charge on any atom is 0.238 e. The summed E-state index contributed by atoms with van der Waals surface area (Å²) in [5.41, 5.74) is 6.41. The average Bonchev–Trinajstić information content (AvgIpc) is 2.43. The Morgan fingerprint density at radius 2 is 2.19 bits per heavy atom. The number of nitrogens with zero attached hydrogens (tertiary/aromatic N) is 1. The summed E-state index contributed by atoms with van der Waals surface area (Å²) in [6.07, 6.45) is 2.04. The van der Waals surface area contributed by atoms with E-state index in [-0.39, 0.29) is 17.0 Å². The summed E-state index contributed by atoms with van der Waals surface area (Å²) in [4.78, 5) is 14.1. The summed E-state index contributed by atoms with van der Waals surface area (Å²) in [6.45, 7) is 4.12. The molecule has 1 aliphatic heterocycles. The number of amides is 1. The van der Waals surface area contributed by atoms with Crippen LogP contribution in [0.1, 0.15) is 19.8 Å². The minimum absolute atomic E-state index is 0.00514. The second kappa shape index (κ2) is 7.20. The molecule has 0 radical (unpaired) electrons. The topological polar surface area (TPSA) is 58.4 Å². The number of anilines is 1. The van der Waals surface area contributed by atoms with Gasteiger partial charge in [-0.1, -0.05) is 11.6 Å². The predicted molar refractivity (Wildman–Crippen MR) is 82.9 cm³/mol. The first-order chi connectivity index (χ1) is 9.95. The van der Waals surface area contributed by atoms with Crippen LogP contribution < -0.4 is 11.1 Å². The molecular weight excluding hydrogens is 293 g/mol. The van der Waals surface area contributed by atoms with E-state index in [0.29, 0.717) is 18.2 Å². The van der Waals surface area contributed by atoms with Crippen LogP contribution in [-0.4, -0.2) is 36.5 Å². The lowest BCUT2D eigenvalue weighted by Crippen LogP contribution is -2.42. The third-order valence-corrected chi connectivity index (χ3v) is 4.24. The molecule has 0 bridgehead atoms. The lowest BCUT2D eigenvalue weighted by atomic mass is 9.91. The fourth-order valence-electron chi connectivity index (χ4n) is 2.61. The number of likely N-dealkylation sites (tertiary alicyclic amines) is 1. The highest BCUT2D eigenvalue weighted by atomic mass is 35.5. The Kier molecular flexibility index (Phi) is 5.56. The molecule has 1 saturated heterocycles. The highest BCUT2D eigenvalue weighted by Gasteiger charge is 2.23. The zero-order valence-corrected chi connectivity index (χ0v) is 12.9. The molecule has 1 atom stereocenters. The Morgan fingerprint density at radius 1 is 1.52 bits per heavy atom. The minimum atomic E-state index is -0.493. The van der Waals surface area contributed by atoms with Crippen LogP contribution in [0, 0.1) is 11.7 Å². The number of carbonyl (C=O) groups is 1. The van der Waals surface area contributed by atoms with Gasteiger partial charge < -0.3 is 11.1 Å². The Balaban J connectivity index is 1.81. The standard InChI is InChI=1S/C15H21ClFN3O/c1-10(18)11-4-6-20(7-5-11)9-15(21)19-12-2-3-14(17)13(16)8-12/h2-3,8,10-11H,4-7,9,18H2,1H3,(H,19,21). The third-order valence-electron chi connectivity index (χ3n) is 3.95. The summed E-state index contributed by atoms with van der Waals surface area (Å²) in [5, 5.41) is 2.74. The maximum atomic E-state index is 13.0. The van der Waals surface area contributed by atoms with Crippen LogP contribution in [0.3, 0.4) is 0 Å². The molecular formula is C15H21ClFN3O. The van der Waals surface area contributed by atoms with Crippen molar-refractivity contribution in [3.63, 3.8) is 0 Å². The highest BCUT2D eigenvalue weighted by Crippen LogP contribution is 2.21. The van der Waals surface area contributed by atoms with Gasteiger partial charge >= 0.3 is 0 Å². The molecule has 21 heavy (non-hydrogen) atoms. The molecule has 0 aliphatic carbocycles. The monoisotopic (exact) mass is 313 g/mol. The van der Waals surface area contributed by atoms with Crippen LogP contribution in [0.25, 0.3) is 0 Å². The van der Waals surface area contributed by atoms with Crippen molar-refractivity contribution in [3.05, 3.63) is 29.0 Å². The predicted octanol–water partition coefficient (Wildman–Crippen LogP) is 2.48. The van der Waals surface area contributed by atoms with Gasteiger partial charge in [0.1, 0.15) is 5.82 Å². The SMILES string of the molecule is CC(N)C1CCN(CC(=O)Nc2ccc(F)c(Cl)c2)CC1. The molecule has 1 amide bonds. The molecule has 1 aromatic carbocycles. The van der Waals surface area contributed by atoms with Crippen molar-refractivity contribution < 1.29 is 9.18 Å².